The van der Waals surface area contributed by atoms with Gasteiger partial charge >= 0.3 is 5.97 Å². The van der Waals surface area contributed by atoms with Gasteiger partial charge in [-0.3, -0.25) is 9.59 Å². The first kappa shape index (κ1) is 15.0. The highest BCUT2D eigenvalue weighted by molar-refractivity contribution is 9.10. The monoisotopic (exact) mass is 366 g/mol. The summed E-state index contributed by atoms with van der Waals surface area (Å²) in [6, 6.07) is 7.31. The lowest BCUT2D eigenvalue weighted by Crippen LogP contribution is -2.47. The van der Waals surface area contributed by atoms with Gasteiger partial charge in [0.1, 0.15) is 11.5 Å². The van der Waals surface area contributed by atoms with Crippen molar-refractivity contribution in [3.63, 3.8) is 0 Å². The standard InChI is InChI=1S/C15H15BrN2O4/c16-10-3-1-2-4-11(10)18-8-5-9(13(18)20)12(19)17-15(6-7-15)14(21)22/h1-4,9H,5-8H2,(H,17,19)(H,21,22)/t9-/m1/s1. The molecule has 0 bridgehead atoms. The average Bonchev–Trinajstić information content (AvgIpc) is 3.16. The first-order chi connectivity index (χ1) is 10.4. The summed E-state index contributed by atoms with van der Waals surface area (Å²) in [4.78, 5) is 37.4. The van der Waals surface area contributed by atoms with Crippen molar-refractivity contribution < 1.29 is 19.5 Å². The molecule has 1 saturated heterocycles. The minimum Gasteiger partial charge on any atom is -0.480 e. The Hall–Kier alpha value is -1.89. The van der Waals surface area contributed by atoms with Gasteiger partial charge in [-0.2, -0.15) is 0 Å². The van der Waals surface area contributed by atoms with Crippen molar-refractivity contribution in [1.29, 1.82) is 0 Å². The molecular formula is C15H15BrN2O4. The minimum atomic E-state index is -1.15. The number of carboxylic acids is 1. The van der Waals surface area contributed by atoms with Crippen LogP contribution >= 0.6 is 15.9 Å². The average molecular weight is 367 g/mol. The molecule has 2 aliphatic rings. The van der Waals surface area contributed by atoms with E-state index in [0.717, 1.165) is 10.2 Å². The molecule has 1 aromatic carbocycles. The molecule has 1 aliphatic heterocycles. The number of carboxylic acid groups (broad SMARTS) is 1. The normalized spacial score (nSPS) is 22.5. The number of aliphatic carboxylic acids is 1. The number of carbonyl (C=O) groups excluding carboxylic acids is 2. The van der Waals surface area contributed by atoms with Crippen LogP contribution in [0.25, 0.3) is 0 Å². The van der Waals surface area contributed by atoms with Crippen molar-refractivity contribution in [3.8, 4) is 0 Å². The molecule has 2 amide bonds. The fraction of sp³-hybridized carbons (Fsp3) is 0.400. The first-order valence-corrected chi connectivity index (χ1v) is 7.85. The number of amides is 2. The van der Waals surface area contributed by atoms with E-state index in [2.05, 4.69) is 21.2 Å². The van der Waals surface area contributed by atoms with Crippen molar-refractivity contribution >= 4 is 39.4 Å². The van der Waals surface area contributed by atoms with Gasteiger partial charge < -0.3 is 15.3 Å². The van der Waals surface area contributed by atoms with Crippen LogP contribution in [0.15, 0.2) is 28.7 Å². The molecular weight excluding hydrogens is 352 g/mol. The Morgan fingerprint density at radius 3 is 2.59 bits per heavy atom. The minimum absolute atomic E-state index is 0.286. The van der Waals surface area contributed by atoms with Crippen LogP contribution in [0.3, 0.4) is 0 Å². The molecule has 1 heterocycles. The van der Waals surface area contributed by atoms with E-state index in [1.54, 1.807) is 4.90 Å². The van der Waals surface area contributed by atoms with E-state index in [1.807, 2.05) is 24.3 Å². The second-order valence-electron chi connectivity index (χ2n) is 5.66. The van der Waals surface area contributed by atoms with Crippen LogP contribution in [0, 0.1) is 5.92 Å². The van der Waals surface area contributed by atoms with E-state index in [1.165, 1.54) is 0 Å². The number of anilines is 1. The SMILES string of the molecule is O=C(NC1(C(=O)O)CC1)[C@H]1CCN(c2ccccc2Br)C1=O. The Kier molecular flexibility index (Phi) is 3.68. The van der Waals surface area contributed by atoms with Crippen LogP contribution in [0.5, 0.6) is 0 Å². The van der Waals surface area contributed by atoms with Gasteiger partial charge in [-0.05, 0) is 47.3 Å². The van der Waals surface area contributed by atoms with Crippen molar-refractivity contribution in [2.75, 3.05) is 11.4 Å². The van der Waals surface area contributed by atoms with Crippen molar-refractivity contribution in [3.05, 3.63) is 28.7 Å². The van der Waals surface area contributed by atoms with E-state index in [4.69, 9.17) is 5.11 Å². The Morgan fingerprint density at radius 2 is 2.00 bits per heavy atom. The van der Waals surface area contributed by atoms with Crippen molar-refractivity contribution in [2.45, 2.75) is 24.8 Å². The molecule has 1 aliphatic carbocycles. The molecule has 2 fully saturated rings. The fourth-order valence-electron chi connectivity index (χ4n) is 2.67. The van der Waals surface area contributed by atoms with E-state index in [-0.39, 0.29) is 5.91 Å². The second kappa shape index (κ2) is 5.39. The third-order valence-corrected chi connectivity index (χ3v) is 4.86. The third kappa shape index (κ3) is 2.49. The Labute approximate surface area is 135 Å². The van der Waals surface area contributed by atoms with Crippen LogP contribution < -0.4 is 10.2 Å². The van der Waals surface area contributed by atoms with Gasteiger partial charge in [0.05, 0.1) is 5.69 Å². The number of nitrogens with one attached hydrogen (secondary N) is 1. The lowest BCUT2D eigenvalue weighted by atomic mass is 10.1. The highest BCUT2D eigenvalue weighted by Crippen LogP contribution is 2.37. The van der Waals surface area contributed by atoms with E-state index >= 15 is 0 Å². The summed E-state index contributed by atoms with van der Waals surface area (Å²) in [5.74, 6) is -2.62. The topological polar surface area (TPSA) is 86.7 Å². The van der Waals surface area contributed by atoms with Gasteiger partial charge in [-0.1, -0.05) is 12.1 Å². The summed E-state index contributed by atoms with van der Waals surface area (Å²) < 4.78 is 0.786. The van der Waals surface area contributed by atoms with Crippen LogP contribution in [0.2, 0.25) is 0 Å². The maximum absolute atomic E-state index is 12.5. The summed E-state index contributed by atoms with van der Waals surface area (Å²) in [5.41, 5.74) is -0.430. The Morgan fingerprint density at radius 1 is 1.32 bits per heavy atom. The maximum Gasteiger partial charge on any atom is 0.329 e. The predicted molar refractivity (Wildman–Crippen MR) is 82.3 cm³/mol. The molecule has 22 heavy (non-hydrogen) atoms. The number of para-hydroxylation sites is 1. The summed E-state index contributed by atoms with van der Waals surface area (Å²) in [6.07, 6.45) is 1.23. The van der Waals surface area contributed by atoms with E-state index in [0.29, 0.717) is 25.8 Å². The van der Waals surface area contributed by atoms with Gasteiger partial charge in [0.25, 0.3) is 0 Å². The maximum atomic E-state index is 12.5. The number of nitrogens with zero attached hydrogens (tertiary/aromatic N) is 1. The molecule has 0 aromatic heterocycles. The van der Waals surface area contributed by atoms with Crippen LogP contribution in [-0.2, 0) is 14.4 Å². The van der Waals surface area contributed by atoms with Gasteiger partial charge in [0, 0.05) is 11.0 Å². The zero-order chi connectivity index (χ0) is 15.9. The number of benzene rings is 1. The van der Waals surface area contributed by atoms with Gasteiger partial charge in [-0.15, -0.1) is 0 Å². The van der Waals surface area contributed by atoms with Gasteiger partial charge in [0.2, 0.25) is 11.8 Å². The first-order valence-electron chi connectivity index (χ1n) is 7.06. The summed E-state index contributed by atoms with van der Waals surface area (Å²) in [7, 11) is 0. The van der Waals surface area contributed by atoms with Crippen LogP contribution in [0.4, 0.5) is 5.69 Å². The van der Waals surface area contributed by atoms with Crippen LogP contribution in [0.1, 0.15) is 19.3 Å². The summed E-state index contributed by atoms with van der Waals surface area (Å²) >= 11 is 3.40. The highest BCUT2D eigenvalue weighted by Gasteiger charge is 2.53. The molecule has 0 spiro atoms. The van der Waals surface area contributed by atoms with Crippen molar-refractivity contribution in [2.24, 2.45) is 5.92 Å². The molecule has 116 valence electrons. The summed E-state index contributed by atoms with van der Waals surface area (Å²) in [5, 5.41) is 11.6. The third-order valence-electron chi connectivity index (χ3n) is 4.19. The van der Waals surface area contributed by atoms with E-state index in [9.17, 15) is 14.4 Å². The quantitative estimate of drug-likeness (QED) is 0.791. The molecule has 3 rings (SSSR count). The zero-order valence-electron chi connectivity index (χ0n) is 11.7. The molecule has 2 N–H and O–H groups in total. The van der Waals surface area contributed by atoms with Gasteiger partial charge in [0.15, 0.2) is 0 Å². The highest BCUT2D eigenvalue weighted by atomic mass is 79.9. The predicted octanol–water partition coefficient (Wildman–Crippen LogP) is 1.54. The van der Waals surface area contributed by atoms with E-state index < -0.39 is 23.3 Å². The Balaban J connectivity index is 1.73. The smallest absolute Gasteiger partial charge is 0.329 e. The number of carbonyl (C=O) groups is 3. The summed E-state index contributed by atoms with van der Waals surface area (Å²) in [6.45, 7) is 0.444. The molecule has 6 nitrogen and oxygen atoms in total. The van der Waals surface area contributed by atoms with Crippen molar-refractivity contribution in [1.82, 2.24) is 5.32 Å². The fourth-order valence-corrected chi connectivity index (χ4v) is 3.17. The molecule has 7 heteroatoms. The zero-order valence-corrected chi connectivity index (χ0v) is 13.3. The number of rotatable bonds is 4. The van der Waals surface area contributed by atoms with Crippen LogP contribution in [-0.4, -0.2) is 35.0 Å². The molecule has 1 saturated carbocycles. The molecule has 0 radical (unpaired) electrons. The number of halogens is 1. The molecule has 1 aromatic rings. The Bertz CT molecular complexity index is 657. The lowest BCUT2D eigenvalue weighted by Gasteiger charge is -2.19. The second-order valence-corrected chi connectivity index (χ2v) is 6.51. The molecule has 1 atom stereocenters. The molecule has 0 unspecified atom stereocenters. The number of hydrogen-bond acceptors (Lipinski definition) is 3. The lowest BCUT2D eigenvalue weighted by molar-refractivity contribution is -0.144. The number of hydrogen-bond donors (Lipinski definition) is 2. The largest absolute Gasteiger partial charge is 0.480 e. The van der Waals surface area contributed by atoms with Gasteiger partial charge in [-0.25, -0.2) is 4.79 Å².